The Labute approximate surface area is 99.1 Å². The Morgan fingerprint density at radius 2 is 2.00 bits per heavy atom. The second-order valence-electron chi connectivity index (χ2n) is 3.03. The van der Waals surface area contributed by atoms with Crippen LogP contribution >= 0.6 is 11.6 Å². The maximum Gasteiger partial charge on any atom is 0.417 e. The number of ether oxygens (including phenoxy) is 1. The molecule has 0 heterocycles. The van der Waals surface area contributed by atoms with Gasteiger partial charge in [-0.25, -0.2) is 0 Å². The summed E-state index contributed by atoms with van der Waals surface area (Å²) >= 11 is 5.06. The molecule has 3 nitrogen and oxygen atoms in total. The average molecular weight is 267 g/mol. The molecule has 0 aliphatic rings. The molecule has 1 aromatic carbocycles. The van der Waals surface area contributed by atoms with Crippen LogP contribution in [0, 0.1) is 0 Å². The summed E-state index contributed by atoms with van der Waals surface area (Å²) < 4.78 is 42.7. The van der Waals surface area contributed by atoms with Crippen LogP contribution in [0.25, 0.3) is 0 Å². The molecule has 7 heteroatoms. The lowest BCUT2D eigenvalue weighted by Gasteiger charge is -2.14. The van der Waals surface area contributed by atoms with Crippen LogP contribution in [0.5, 0.6) is 5.75 Å². The highest BCUT2D eigenvalue weighted by atomic mass is 35.5. The van der Waals surface area contributed by atoms with Crippen LogP contribution in [0.4, 0.5) is 13.2 Å². The number of hydrogen-bond donors (Lipinski definition) is 0. The zero-order valence-electron chi connectivity index (χ0n) is 8.47. The van der Waals surface area contributed by atoms with Gasteiger partial charge in [-0.05, 0) is 23.7 Å². The van der Waals surface area contributed by atoms with E-state index in [2.05, 4.69) is 4.74 Å². The van der Waals surface area contributed by atoms with Crippen LogP contribution in [0.1, 0.15) is 26.3 Å². The van der Waals surface area contributed by atoms with Crippen molar-refractivity contribution in [1.82, 2.24) is 0 Å². The lowest BCUT2D eigenvalue weighted by Crippen LogP contribution is -2.14. The van der Waals surface area contributed by atoms with Crippen molar-refractivity contribution in [2.24, 2.45) is 0 Å². The van der Waals surface area contributed by atoms with Gasteiger partial charge in [-0.15, -0.1) is 0 Å². The number of aldehydes is 1. The van der Waals surface area contributed by atoms with E-state index in [1.165, 1.54) is 7.11 Å². The molecule has 0 fully saturated rings. The summed E-state index contributed by atoms with van der Waals surface area (Å²) in [5, 5.41) is -1.31. The van der Waals surface area contributed by atoms with Gasteiger partial charge in [0.2, 0.25) is 0 Å². The normalized spacial score (nSPS) is 11.1. The first kappa shape index (κ1) is 13.5. The van der Waals surface area contributed by atoms with Crippen molar-refractivity contribution in [3.63, 3.8) is 0 Å². The molecule has 0 saturated heterocycles. The van der Waals surface area contributed by atoms with Gasteiger partial charge in [-0.2, -0.15) is 13.2 Å². The van der Waals surface area contributed by atoms with Gasteiger partial charge in [0.05, 0.1) is 18.2 Å². The zero-order chi connectivity index (χ0) is 13.2. The molecule has 1 aromatic rings. The van der Waals surface area contributed by atoms with Crippen molar-refractivity contribution in [3.05, 3.63) is 28.8 Å². The van der Waals surface area contributed by atoms with Crippen LogP contribution in [-0.4, -0.2) is 18.6 Å². The van der Waals surface area contributed by atoms with Crippen molar-refractivity contribution in [1.29, 1.82) is 0 Å². The standard InChI is InChI=1S/C10H6ClF3O3/c1-17-6-2-5(4-15)8(10(12,13)14)7(3-6)9(11)16/h2-4H,1H3. The fourth-order valence-electron chi connectivity index (χ4n) is 1.32. The van der Waals surface area contributed by atoms with E-state index >= 15 is 0 Å². The summed E-state index contributed by atoms with van der Waals surface area (Å²) in [5.41, 5.74) is -2.85. The maximum absolute atomic E-state index is 12.7. The van der Waals surface area contributed by atoms with Crippen LogP contribution in [0.3, 0.4) is 0 Å². The molecule has 0 aromatic heterocycles. The lowest BCUT2D eigenvalue weighted by atomic mass is 10.0. The molecule has 0 N–H and O–H groups in total. The number of halogens is 4. The number of alkyl halides is 3. The number of methoxy groups -OCH3 is 1. The molecule has 0 aliphatic heterocycles. The number of carbonyl (C=O) groups excluding carboxylic acids is 2. The number of hydrogen-bond acceptors (Lipinski definition) is 3. The van der Waals surface area contributed by atoms with E-state index in [0.717, 1.165) is 12.1 Å². The summed E-state index contributed by atoms with van der Waals surface area (Å²) in [6.07, 6.45) is -4.85. The second kappa shape index (κ2) is 4.75. The topological polar surface area (TPSA) is 43.4 Å². The minimum atomic E-state index is -4.84. The highest BCUT2D eigenvalue weighted by Gasteiger charge is 2.38. The zero-order valence-corrected chi connectivity index (χ0v) is 9.22. The van der Waals surface area contributed by atoms with Gasteiger partial charge in [-0.3, -0.25) is 9.59 Å². The minimum absolute atomic E-state index is 0.00529. The van der Waals surface area contributed by atoms with Gasteiger partial charge in [0.15, 0.2) is 6.29 Å². The third-order valence-electron chi connectivity index (χ3n) is 2.00. The summed E-state index contributed by atoms with van der Waals surface area (Å²) in [5.74, 6) is -0.0518. The Balaban J connectivity index is 3.64. The largest absolute Gasteiger partial charge is 0.497 e. The fraction of sp³-hybridized carbons (Fsp3) is 0.200. The van der Waals surface area contributed by atoms with E-state index in [4.69, 9.17) is 11.6 Å². The fourth-order valence-corrected chi connectivity index (χ4v) is 1.47. The third kappa shape index (κ3) is 2.76. The predicted octanol–water partition coefficient (Wildman–Crippen LogP) is 2.91. The Bertz CT molecular complexity index is 469. The molecule has 0 radical (unpaired) electrons. The Hall–Kier alpha value is -1.56. The molecule has 0 atom stereocenters. The molecular weight excluding hydrogens is 261 g/mol. The third-order valence-corrected chi connectivity index (χ3v) is 2.20. The smallest absolute Gasteiger partial charge is 0.417 e. The van der Waals surface area contributed by atoms with Gasteiger partial charge in [0.1, 0.15) is 5.75 Å². The molecule has 0 spiro atoms. The first-order valence-corrected chi connectivity index (χ1v) is 4.63. The number of carbonyl (C=O) groups is 2. The predicted molar refractivity (Wildman–Crippen MR) is 53.6 cm³/mol. The van der Waals surface area contributed by atoms with E-state index in [1.807, 2.05) is 0 Å². The van der Waals surface area contributed by atoms with Crippen LogP contribution in [-0.2, 0) is 6.18 Å². The molecule has 0 unspecified atom stereocenters. The molecule has 92 valence electrons. The van der Waals surface area contributed by atoms with E-state index in [1.54, 1.807) is 0 Å². The Morgan fingerprint density at radius 1 is 1.41 bits per heavy atom. The summed E-state index contributed by atoms with van der Waals surface area (Å²) in [4.78, 5) is 21.6. The molecule has 0 saturated carbocycles. The van der Waals surface area contributed by atoms with Crippen molar-refractivity contribution >= 4 is 23.1 Å². The summed E-state index contributed by atoms with van der Waals surface area (Å²) in [6, 6.07) is 1.73. The van der Waals surface area contributed by atoms with E-state index in [-0.39, 0.29) is 12.0 Å². The molecule has 17 heavy (non-hydrogen) atoms. The van der Waals surface area contributed by atoms with Crippen LogP contribution < -0.4 is 4.74 Å². The lowest BCUT2D eigenvalue weighted by molar-refractivity contribution is -0.138. The van der Waals surface area contributed by atoms with Crippen molar-refractivity contribution in [3.8, 4) is 5.75 Å². The Kier molecular flexibility index (Phi) is 3.77. The SMILES string of the molecule is COc1cc(C=O)c(C(F)(F)F)c(C(=O)Cl)c1. The Morgan fingerprint density at radius 3 is 2.35 bits per heavy atom. The van der Waals surface area contributed by atoms with Crippen molar-refractivity contribution in [2.75, 3.05) is 7.11 Å². The van der Waals surface area contributed by atoms with Gasteiger partial charge >= 0.3 is 6.18 Å². The molecule has 0 aliphatic carbocycles. The van der Waals surface area contributed by atoms with Crippen LogP contribution in [0.2, 0.25) is 0 Å². The minimum Gasteiger partial charge on any atom is -0.497 e. The van der Waals surface area contributed by atoms with E-state index in [9.17, 15) is 22.8 Å². The highest BCUT2D eigenvalue weighted by molar-refractivity contribution is 6.68. The summed E-state index contributed by atoms with van der Waals surface area (Å²) in [6.45, 7) is 0. The highest BCUT2D eigenvalue weighted by Crippen LogP contribution is 2.37. The molecule has 1 rings (SSSR count). The number of rotatable bonds is 3. The first-order chi connectivity index (χ1) is 7.81. The maximum atomic E-state index is 12.7. The monoisotopic (exact) mass is 266 g/mol. The van der Waals surface area contributed by atoms with E-state index < -0.39 is 28.1 Å². The van der Waals surface area contributed by atoms with E-state index in [0.29, 0.717) is 0 Å². The summed E-state index contributed by atoms with van der Waals surface area (Å²) in [7, 11) is 1.19. The van der Waals surface area contributed by atoms with Gasteiger partial charge in [0, 0.05) is 5.56 Å². The molecule has 0 amide bonds. The number of benzene rings is 1. The molecule has 0 bridgehead atoms. The van der Waals surface area contributed by atoms with Gasteiger partial charge < -0.3 is 4.74 Å². The van der Waals surface area contributed by atoms with Crippen LogP contribution in [0.15, 0.2) is 12.1 Å². The second-order valence-corrected chi connectivity index (χ2v) is 3.37. The van der Waals surface area contributed by atoms with Crippen molar-refractivity contribution in [2.45, 2.75) is 6.18 Å². The average Bonchev–Trinajstić information content (AvgIpc) is 2.25. The first-order valence-electron chi connectivity index (χ1n) is 4.25. The molecular formula is C10H6ClF3O3. The van der Waals surface area contributed by atoms with Gasteiger partial charge in [-0.1, -0.05) is 0 Å². The van der Waals surface area contributed by atoms with Crippen molar-refractivity contribution < 1.29 is 27.5 Å². The quantitative estimate of drug-likeness (QED) is 0.624. The van der Waals surface area contributed by atoms with Gasteiger partial charge in [0.25, 0.3) is 5.24 Å².